The van der Waals surface area contributed by atoms with Crippen molar-refractivity contribution < 1.29 is 68.2 Å². The third-order valence-electron chi connectivity index (χ3n) is 27.7. The Labute approximate surface area is 767 Å². The van der Waals surface area contributed by atoms with Crippen molar-refractivity contribution in [2.24, 2.45) is 0 Å². The van der Waals surface area contributed by atoms with Gasteiger partial charge in [0.15, 0.2) is 37.0 Å². The molecule has 0 spiro atoms. The molecule has 0 saturated carbocycles. The molecule has 6 fully saturated rings. The van der Waals surface area contributed by atoms with Crippen LogP contribution in [0.15, 0.2) is 229 Å². The lowest BCUT2D eigenvalue weighted by Crippen LogP contribution is -2.49. The Morgan fingerprint density at radius 3 is 1.02 bits per heavy atom. The van der Waals surface area contributed by atoms with Gasteiger partial charge in [-0.25, -0.2) is 25.6 Å². The van der Waals surface area contributed by atoms with E-state index in [0.717, 1.165) is 177 Å². The average molecular weight is 1860 g/mol. The predicted molar refractivity (Wildman–Crippen MR) is 503 cm³/mol. The predicted octanol–water partition coefficient (Wildman–Crippen LogP) is 21.1. The zero-order valence-corrected chi connectivity index (χ0v) is 77.0. The van der Waals surface area contributed by atoms with Crippen LogP contribution < -0.4 is 0 Å². The first kappa shape index (κ1) is 95.1. The van der Waals surface area contributed by atoms with Crippen LogP contribution in [0.2, 0.25) is 10.0 Å². The molecule has 6 aliphatic rings. The number of piperidine rings is 4. The van der Waals surface area contributed by atoms with E-state index < -0.39 is 48.1 Å². The molecule has 130 heavy (non-hydrogen) atoms. The molecule has 4 bridgehead atoms. The highest BCUT2D eigenvalue weighted by Crippen LogP contribution is 2.48. The van der Waals surface area contributed by atoms with Gasteiger partial charge >= 0.3 is 6.18 Å². The standard InChI is InChI=1S/2C27H31FN2O2.C25H29ClN2O3S.C24H24ClF3N2O3S/c1-19(31)25-18-29(26-7-3-2-6-24(25)26)14-4-5-15-30-22-12-13-23(30)17-27(32,16-22)20-8-10-21(28)11-9-20;1-2-26(31)24-18-29(25-7-4-3-6-23(24)25)14-5-15-30-21-12-13-22(30)17-27(32,16-21)19-8-10-20(28)11-9-19;1-2-25(29)23-18-28(24-7-4-3-6-22(23)24)15-5-14-27-16-12-21(13-17-27)32(30,31)20-10-8-19(26)9-11-20;25-17-6-8-18(9-7-17)34(32,33)19-10-14-29(15-11-19)12-3-13-30-16-21(23(31)24(26,27)28)20-4-1-2-5-22(20)30/h2-3,6-11,18,22-23,32H,4-5,12-17H2,1H3;3-4,6-11,18,21-22,32H,2,5,12-17H2,1H3;3-4,6-11,18,21H,2,5,12-17H2,1H3;1-2,4-9,16,19H,3,10-15H2. The number of carbonyl (C=O) groups excluding carboxylic acids is 4. The number of ketones is 4. The number of aromatic nitrogens is 4. The third-order valence-corrected chi connectivity index (χ3v) is 32.8. The second-order valence-electron chi connectivity index (χ2n) is 35.9. The van der Waals surface area contributed by atoms with Crippen molar-refractivity contribution in [1.29, 1.82) is 0 Å². The lowest BCUT2D eigenvalue weighted by Gasteiger charge is -2.44. The van der Waals surface area contributed by atoms with E-state index in [1.807, 2.05) is 87.0 Å². The van der Waals surface area contributed by atoms with Crippen LogP contribution in [0.5, 0.6) is 0 Å². The number of unbranched alkanes of at least 4 members (excludes halogenated alkanes) is 1. The molecule has 688 valence electrons. The highest BCUT2D eigenvalue weighted by molar-refractivity contribution is 7.92. The second kappa shape index (κ2) is 41.3. The Morgan fingerprint density at radius 2 is 0.677 bits per heavy atom. The topological polar surface area (TPSA) is 210 Å². The molecule has 4 atom stereocenters. The number of hydrogen-bond acceptors (Lipinski definition) is 14. The number of halogens is 7. The maximum absolute atomic E-state index is 13.3. The fourth-order valence-corrected chi connectivity index (χ4v) is 24.7. The number of hydrogen-bond donors (Lipinski definition) is 2. The number of sulfone groups is 2. The molecular formula is C103H115Cl2F5N8O10S2. The number of nitrogens with zero attached hydrogens (tertiary/aromatic N) is 8. The molecule has 4 unspecified atom stereocenters. The molecule has 6 aliphatic heterocycles. The lowest BCUT2D eigenvalue weighted by atomic mass is 9.80. The molecule has 12 aromatic rings. The molecule has 8 aromatic carbocycles. The SMILES string of the molecule is CC(=O)c1cn(CCCCN2C3CCC2CC(O)(c2ccc(F)cc2)C3)c2ccccc12.CCC(=O)c1cn(CCCN2C3CCC2CC(O)(c2ccc(F)cc2)C3)c2ccccc12.CCC(=O)c1cn(CCCN2CCC(S(=O)(=O)c3ccc(Cl)cc3)CC2)c2ccccc12.O=C(c1cn(CCCN2CCC(S(=O)(=O)c3ccc(Cl)cc3)CC2)c2ccccc12)C(F)(F)F. The summed E-state index contributed by atoms with van der Waals surface area (Å²) in [5, 5.41) is 26.3. The van der Waals surface area contributed by atoms with Gasteiger partial charge in [-0.2, -0.15) is 13.2 Å². The van der Waals surface area contributed by atoms with Crippen LogP contribution in [0.25, 0.3) is 43.6 Å². The van der Waals surface area contributed by atoms with E-state index >= 15 is 0 Å². The maximum Gasteiger partial charge on any atom is 0.454 e. The number of Topliss-reactive ketones (excluding diaryl/α,β-unsaturated/α-hetero) is 4. The molecule has 0 radical (unpaired) electrons. The summed E-state index contributed by atoms with van der Waals surface area (Å²) < 4.78 is 126. The number of benzene rings is 8. The number of likely N-dealkylation sites (tertiary alicyclic amines) is 2. The molecule has 0 aliphatic carbocycles. The largest absolute Gasteiger partial charge is 0.454 e. The Balaban J connectivity index is 0.000000133. The lowest BCUT2D eigenvalue weighted by molar-refractivity contribution is -0.0884. The monoisotopic (exact) mass is 1850 g/mol. The van der Waals surface area contributed by atoms with Gasteiger partial charge in [0.05, 0.1) is 37.1 Å². The molecule has 18 nitrogen and oxygen atoms in total. The van der Waals surface area contributed by atoms with Gasteiger partial charge in [-0.05, 0) is 270 Å². The molecule has 18 rings (SSSR count). The van der Waals surface area contributed by atoms with Crippen molar-refractivity contribution in [2.45, 2.75) is 231 Å². The number of fused-ring (bicyclic) bond motifs is 8. The van der Waals surface area contributed by atoms with Gasteiger partial charge in [0.25, 0.3) is 5.78 Å². The first-order chi connectivity index (χ1) is 62.4. The Kier molecular flexibility index (Phi) is 30.2. The normalized spacial score (nSPS) is 20.7. The minimum absolute atomic E-state index is 0.110. The van der Waals surface area contributed by atoms with E-state index in [2.05, 4.69) is 51.5 Å². The molecule has 10 heterocycles. The van der Waals surface area contributed by atoms with Crippen LogP contribution in [0, 0.1) is 11.6 Å². The summed E-state index contributed by atoms with van der Waals surface area (Å²) in [6, 6.07) is 57.8. The summed E-state index contributed by atoms with van der Waals surface area (Å²) in [4.78, 5) is 58.9. The fourth-order valence-electron chi connectivity index (χ4n) is 21.0. The van der Waals surface area contributed by atoms with Crippen LogP contribution in [-0.4, -0.2) is 181 Å². The van der Waals surface area contributed by atoms with Gasteiger partial charge in [-0.3, -0.25) is 29.0 Å². The molecular weight excluding hydrogens is 1740 g/mol. The van der Waals surface area contributed by atoms with Crippen molar-refractivity contribution in [3.05, 3.63) is 274 Å². The number of aliphatic hydroxyl groups is 2. The van der Waals surface area contributed by atoms with E-state index in [9.17, 15) is 68.2 Å². The van der Waals surface area contributed by atoms with E-state index in [1.165, 1.54) is 48.7 Å². The third kappa shape index (κ3) is 21.6. The Hall–Kier alpha value is -9.51. The van der Waals surface area contributed by atoms with Crippen LogP contribution in [-0.2, 0) is 57.1 Å². The van der Waals surface area contributed by atoms with Crippen LogP contribution in [0.4, 0.5) is 22.0 Å². The summed E-state index contributed by atoms with van der Waals surface area (Å²) in [7, 11) is -6.74. The van der Waals surface area contributed by atoms with Crippen molar-refractivity contribution >= 4 is 110 Å². The first-order valence-corrected chi connectivity index (χ1v) is 49.7. The van der Waals surface area contributed by atoms with Gasteiger partial charge in [0.1, 0.15) is 11.6 Å². The maximum atomic E-state index is 13.3. The summed E-state index contributed by atoms with van der Waals surface area (Å²) >= 11 is 11.8. The van der Waals surface area contributed by atoms with Gasteiger partial charge in [-0.1, -0.05) is 134 Å². The first-order valence-electron chi connectivity index (χ1n) is 45.8. The van der Waals surface area contributed by atoms with E-state index in [4.69, 9.17) is 23.2 Å². The number of rotatable bonds is 29. The van der Waals surface area contributed by atoms with Crippen molar-refractivity contribution in [2.75, 3.05) is 52.4 Å². The summed E-state index contributed by atoms with van der Waals surface area (Å²) in [6.07, 6.45) is 17.8. The minimum atomic E-state index is -4.92. The van der Waals surface area contributed by atoms with E-state index in [1.54, 1.807) is 90.4 Å². The highest BCUT2D eigenvalue weighted by Gasteiger charge is 2.50. The molecule has 0 amide bonds. The van der Waals surface area contributed by atoms with Crippen LogP contribution in [0.3, 0.4) is 0 Å². The molecule has 6 saturated heterocycles. The molecule has 4 aromatic heterocycles. The van der Waals surface area contributed by atoms with Gasteiger partial charge in [0, 0.05) is 165 Å². The van der Waals surface area contributed by atoms with Crippen LogP contribution in [0.1, 0.15) is 195 Å². The van der Waals surface area contributed by atoms with Crippen LogP contribution >= 0.6 is 23.2 Å². The second-order valence-corrected chi connectivity index (χ2v) is 41.3. The van der Waals surface area contributed by atoms with E-state index in [-0.39, 0.29) is 50.1 Å². The average Bonchev–Trinajstić information content (AvgIpc) is 1.61. The zero-order chi connectivity index (χ0) is 91.8. The van der Waals surface area contributed by atoms with E-state index in [0.29, 0.717) is 129 Å². The van der Waals surface area contributed by atoms with Crippen molar-refractivity contribution in [1.82, 2.24) is 37.9 Å². The molecule has 27 heteroatoms. The number of alkyl halides is 3. The van der Waals surface area contributed by atoms with Gasteiger partial charge in [0.2, 0.25) is 0 Å². The smallest absolute Gasteiger partial charge is 0.385 e. The summed E-state index contributed by atoms with van der Waals surface area (Å²) in [5.74, 6) is -1.90. The summed E-state index contributed by atoms with van der Waals surface area (Å²) in [5.41, 5.74) is 5.99. The fraction of sp³-hybridized carbons (Fsp3) is 0.417. The highest BCUT2D eigenvalue weighted by atomic mass is 35.5. The quantitative estimate of drug-likeness (QED) is 0.0254. The summed E-state index contributed by atoms with van der Waals surface area (Å²) in [6.45, 7) is 14.9. The van der Waals surface area contributed by atoms with Crippen molar-refractivity contribution in [3.8, 4) is 0 Å². The number of aryl methyl sites for hydroxylation is 4. The minimum Gasteiger partial charge on any atom is -0.385 e. The zero-order valence-electron chi connectivity index (χ0n) is 73.9. The number of para-hydroxylation sites is 4. The van der Waals surface area contributed by atoms with Gasteiger partial charge < -0.3 is 38.3 Å². The Bertz CT molecular complexity index is 6200. The Morgan fingerprint density at radius 1 is 0.385 bits per heavy atom. The number of carbonyl (C=O) groups is 4. The van der Waals surface area contributed by atoms with Gasteiger partial charge in [-0.15, -0.1) is 0 Å². The molecule has 2 N–H and O–H groups in total. The van der Waals surface area contributed by atoms with Crippen molar-refractivity contribution in [3.63, 3.8) is 0 Å².